The lowest BCUT2D eigenvalue weighted by atomic mass is 9.91. The molecule has 5 aromatic rings. The Hall–Kier alpha value is -5.75. The zero-order valence-corrected chi connectivity index (χ0v) is 31.9. The number of sulfonamides is 1. The Labute approximate surface area is 324 Å². The van der Waals surface area contributed by atoms with Crippen molar-refractivity contribution in [3.8, 4) is 23.0 Å². The molecule has 0 atom stereocenters. The van der Waals surface area contributed by atoms with Gasteiger partial charge in [0.1, 0.15) is 23.0 Å². The third kappa shape index (κ3) is 8.51. The normalized spacial score (nSPS) is 13.5. The van der Waals surface area contributed by atoms with Crippen molar-refractivity contribution < 1.29 is 77.7 Å². The number of fused-ring (bicyclic) bond motifs is 8. The van der Waals surface area contributed by atoms with Gasteiger partial charge in [0.15, 0.2) is 0 Å². The third-order valence-electron chi connectivity index (χ3n) is 9.07. The monoisotopic (exact) mass is 863 g/mol. The van der Waals surface area contributed by atoms with E-state index in [1.807, 2.05) is 0 Å². The molecule has 0 saturated carbocycles. The minimum Gasteiger partial charge on any atom is -0.507 e. The maximum absolute atomic E-state index is 13.5. The van der Waals surface area contributed by atoms with Crippen molar-refractivity contribution in [2.75, 3.05) is 4.72 Å². The first-order chi connectivity index (χ1) is 26.3. The van der Waals surface area contributed by atoms with Gasteiger partial charge in [-0.1, -0.05) is 0 Å². The molecule has 9 N–H and O–H groups in total. The molecule has 1 aliphatic carbocycles. The molecular formula is C35H29NO17S4. The van der Waals surface area contributed by atoms with Crippen LogP contribution in [0.25, 0.3) is 0 Å². The number of phenolic OH excluding ortho intramolecular Hbond substituents is 4. The topological polar surface area (TPSA) is 328 Å². The third-order valence-corrected chi connectivity index (χ3v) is 13.0. The number of aromatic hydroxyl groups is 4. The number of hydrogen-bond acceptors (Lipinski definition) is 13. The Bertz CT molecular complexity index is 2850. The molecule has 0 spiro atoms. The lowest BCUT2D eigenvalue weighted by molar-refractivity contribution is 0.0696. The van der Waals surface area contributed by atoms with E-state index < -0.39 is 115 Å². The fourth-order valence-electron chi connectivity index (χ4n) is 6.34. The van der Waals surface area contributed by atoms with E-state index in [-0.39, 0.29) is 55.8 Å². The summed E-state index contributed by atoms with van der Waals surface area (Å²) in [4.78, 5) is 8.51. The van der Waals surface area contributed by atoms with Crippen molar-refractivity contribution in [3.05, 3.63) is 123 Å². The van der Waals surface area contributed by atoms with Crippen LogP contribution in [0.4, 0.5) is 5.69 Å². The second-order valence-corrected chi connectivity index (χ2v) is 18.9. The minimum absolute atomic E-state index is 0.221. The van der Waals surface area contributed by atoms with E-state index in [1.54, 1.807) is 0 Å². The lowest BCUT2D eigenvalue weighted by Gasteiger charge is -2.20. The van der Waals surface area contributed by atoms with Gasteiger partial charge in [0, 0.05) is 75.9 Å². The van der Waals surface area contributed by atoms with Gasteiger partial charge in [0.25, 0.3) is 40.4 Å². The lowest BCUT2D eigenvalue weighted by Crippen LogP contribution is -2.14. The van der Waals surface area contributed by atoms with Gasteiger partial charge < -0.3 is 25.5 Å². The fourth-order valence-corrected chi connectivity index (χ4v) is 9.13. The molecule has 8 bridgehead atoms. The van der Waals surface area contributed by atoms with E-state index >= 15 is 0 Å². The van der Waals surface area contributed by atoms with E-state index in [4.69, 9.17) is 0 Å². The number of rotatable bonds is 7. The molecule has 0 aliphatic heterocycles. The zero-order chi connectivity index (χ0) is 42.0. The van der Waals surface area contributed by atoms with Crippen LogP contribution >= 0.6 is 0 Å². The van der Waals surface area contributed by atoms with Crippen LogP contribution in [0.15, 0.2) is 92.4 Å². The second kappa shape index (κ2) is 14.3. The summed E-state index contributed by atoms with van der Waals surface area (Å²) in [6, 6.07) is 11.1. The summed E-state index contributed by atoms with van der Waals surface area (Å²) in [6.45, 7) is 0. The van der Waals surface area contributed by atoms with E-state index in [1.165, 1.54) is 0 Å². The number of phenols is 4. The highest BCUT2D eigenvalue weighted by molar-refractivity contribution is 7.92. The fraction of sp³-hybridized carbons (Fsp3) is 0.114. The number of benzene rings is 5. The van der Waals surface area contributed by atoms with Gasteiger partial charge in [-0.3, -0.25) is 18.4 Å². The van der Waals surface area contributed by atoms with Crippen molar-refractivity contribution in [1.82, 2.24) is 0 Å². The van der Waals surface area contributed by atoms with Gasteiger partial charge in [0.05, 0.1) is 25.1 Å². The van der Waals surface area contributed by atoms with E-state index in [2.05, 4.69) is 4.72 Å². The second-order valence-electron chi connectivity index (χ2n) is 13.0. The molecule has 5 aromatic carbocycles. The van der Waals surface area contributed by atoms with Crippen LogP contribution in [0.3, 0.4) is 0 Å². The number of carboxylic acids is 1. The summed E-state index contributed by atoms with van der Waals surface area (Å²) in [5.41, 5.74) is -3.00. The number of carboxylic acid groups (broad SMARTS) is 1. The molecule has 0 fully saturated rings. The predicted octanol–water partition coefficient (Wildman–Crippen LogP) is 3.42. The van der Waals surface area contributed by atoms with Crippen LogP contribution in [0.2, 0.25) is 0 Å². The van der Waals surface area contributed by atoms with E-state index in [0.29, 0.717) is 0 Å². The van der Waals surface area contributed by atoms with Gasteiger partial charge >= 0.3 is 5.97 Å². The molecule has 57 heavy (non-hydrogen) atoms. The molecule has 22 heteroatoms. The van der Waals surface area contributed by atoms with Crippen molar-refractivity contribution in [1.29, 1.82) is 0 Å². The first-order valence-corrected chi connectivity index (χ1v) is 21.8. The van der Waals surface area contributed by atoms with Gasteiger partial charge in [-0.15, -0.1) is 0 Å². The zero-order valence-electron chi connectivity index (χ0n) is 28.6. The van der Waals surface area contributed by atoms with Crippen LogP contribution in [0.5, 0.6) is 23.0 Å². The van der Waals surface area contributed by atoms with Crippen LogP contribution in [0, 0.1) is 0 Å². The smallest absolute Gasteiger partial charge is 0.335 e. The van der Waals surface area contributed by atoms with Gasteiger partial charge in [0.2, 0.25) is 0 Å². The number of carbonyl (C=O) groups is 1. The highest BCUT2D eigenvalue weighted by Gasteiger charge is 2.27. The van der Waals surface area contributed by atoms with Crippen molar-refractivity contribution >= 4 is 52.0 Å². The summed E-state index contributed by atoms with van der Waals surface area (Å²) in [5.74, 6) is -4.03. The van der Waals surface area contributed by atoms with E-state index in [0.717, 1.165) is 72.8 Å². The summed E-state index contributed by atoms with van der Waals surface area (Å²) in [5, 5.41) is 55.1. The van der Waals surface area contributed by atoms with Gasteiger partial charge in [-0.05, 0) is 72.8 Å². The highest BCUT2D eigenvalue weighted by Crippen LogP contribution is 2.41. The molecular weight excluding hydrogens is 835 g/mol. The predicted molar refractivity (Wildman–Crippen MR) is 197 cm³/mol. The summed E-state index contributed by atoms with van der Waals surface area (Å²) in [6.07, 6.45) is -2.64. The number of hydrogen-bond donors (Lipinski definition) is 9. The van der Waals surface area contributed by atoms with Crippen LogP contribution in [-0.2, 0) is 66.1 Å². The van der Waals surface area contributed by atoms with Gasteiger partial charge in [-0.2, -0.15) is 25.3 Å². The number of anilines is 1. The van der Waals surface area contributed by atoms with E-state index in [9.17, 15) is 77.7 Å². The molecule has 0 aromatic heterocycles. The largest absolute Gasteiger partial charge is 0.507 e. The Morgan fingerprint density at radius 3 is 0.947 bits per heavy atom. The van der Waals surface area contributed by atoms with Crippen molar-refractivity contribution in [2.45, 2.75) is 45.3 Å². The van der Waals surface area contributed by atoms with Crippen LogP contribution < -0.4 is 4.72 Å². The molecule has 0 amide bonds. The average molecular weight is 864 g/mol. The Morgan fingerprint density at radius 2 is 0.702 bits per heavy atom. The molecule has 0 heterocycles. The number of nitrogens with one attached hydrogen (secondary N) is 1. The molecule has 0 radical (unpaired) electrons. The molecule has 18 nitrogen and oxygen atoms in total. The summed E-state index contributed by atoms with van der Waals surface area (Å²) in [7, 11) is -19.6. The highest BCUT2D eigenvalue weighted by atomic mass is 32.2. The van der Waals surface area contributed by atoms with Gasteiger partial charge in [-0.25, -0.2) is 13.2 Å². The SMILES string of the molecule is O=C(O)c1ccc(S(=O)(=O)Nc2cc3c(O)c(c2)Cc2cc(S(=O)(=O)O)cc(c2O)Cc2cc(S(=O)(=O)O)cc(c2O)Cc2cc(S(=O)(=O)O)cc(c2O)C3)cc1. The van der Waals surface area contributed by atoms with Crippen molar-refractivity contribution in [2.24, 2.45) is 0 Å². The maximum atomic E-state index is 13.5. The Kier molecular flexibility index (Phi) is 10.3. The Balaban J connectivity index is 1.65. The minimum atomic E-state index is -5.04. The maximum Gasteiger partial charge on any atom is 0.335 e. The number of aromatic carboxylic acids is 1. The Morgan fingerprint density at radius 1 is 0.439 bits per heavy atom. The first-order valence-electron chi connectivity index (χ1n) is 16.0. The average Bonchev–Trinajstić information content (AvgIpc) is 3.09. The first kappa shape index (κ1) is 40.9. The molecule has 300 valence electrons. The standard InChI is InChI=1S/C35H29NO17S4/c37-31-18-5-20-11-28(55(45,46)47)13-22(32(20)38)7-24-15-30(57(51,52)53)16-25(34(24)40)8-23-14-29(56(48,49)50)12-21(33(23)39)6-19(31)10-26(9-18)36-54(43,44)27-3-1-17(2-4-27)35(41)42/h1-4,9-16,36-40H,5-8H2,(H,41,42)(H,45,46,47)(H,48,49,50)(H,51,52,53). The van der Waals surface area contributed by atoms with Crippen molar-refractivity contribution in [3.63, 3.8) is 0 Å². The summed E-state index contributed by atoms with van der Waals surface area (Å²) < 4.78 is 133. The molecule has 0 saturated heterocycles. The van der Waals surface area contributed by atoms with Crippen LogP contribution in [0.1, 0.15) is 54.9 Å². The molecule has 1 aliphatic rings. The summed E-state index contributed by atoms with van der Waals surface area (Å²) >= 11 is 0. The van der Waals surface area contributed by atoms with Crippen LogP contribution in [-0.4, -0.2) is 78.8 Å². The molecule has 0 unspecified atom stereocenters. The molecule has 6 rings (SSSR count). The quantitative estimate of drug-likeness (QED) is 0.0820.